The molecule has 0 aliphatic carbocycles. The number of carbonyl (C=O) groups excluding carboxylic acids is 4. The van der Waals surface area contributed by atoms with Crippen LogP contribution in [0.1, 0.15) is 33.3 Å². The third kappa shape index (κ3) is 35.6. The highest BCUT2D eigenvalue weighted by molar-refractivity contribution is 6.00. The van der Waals surface area contributed by atoms with Crippen molar-refractivity contribution in [2.45, 2.75) is 34.2 Å². The lowest BCUT2D eigenvalue weighted by molar-refractivity contribution is -0.125. The number of rotatable bonds is 45. The second-order valence-electron chi connectivity index (χ2n) is 30.7. The summed E-state index contributed by atoms with van der Waals surface area (Å²) in [6.45, 7) is 38.9. The average Bonchev–Trinajstić information content (AvgIpc) is 0.846. The number of nitrogens with zero attached hydrogens (tertiary/aromatic N) is 13. The number of amides is 4. The fourth-order valence-electron chi connectivity index (χ4n) is 13.3. The van der Waals surface area contributed by atoms with Gasteiger partial charge in [0.2, 0.25) is 59.1 Å². The van der Waals surface area contributed by atoms with Crippen LogP contribution in [0.2, 0.25) is 0 Å². The summed E-state index contributed by atoms with van der Waals surface area (Å²) in [6, 6.07) is 56.8. The number of nitrogens with one attached hydrogen (secondary N) is 9. The largest absolute Gasteiger partial charge is 0.492 e. The molecule has 0 atom stereocenters. The van der Waals surface area contributed by atoms with Crippen LogP contribution in [0.5, 0.6) is 46.3 Å². The summed E-state index contributed by atoms with van der Waals surface area (Å²) in [5, 5.41) is 26.1. The first-order chi connectivity index (χ1) is 68.1. The van der Waals surface area contributed by atoms with E-state index in [4.69, 9.17) is 37.9 Å². The Balaban J connectivity index is 0.000000179. The van der Waals surface area contributed by atoms with Gasteiger partial charge in [0.1, 0.15) is 60.9 Å². The number of ether oxygens (including phenoxy) is 8. The van der Waals surface area contributed by atoms with Crippen LogP contribution in [0, 0.1) is 23.3 Å². The molecule has 0 unspecified atom stereocenters. The van der Waals surface area contributed by atoms with Crippen LogP contribution in [0.15, 0.2) is 270 Å². The highest BCUT2D eigenvalue weighted by Gasteiger charge is 2.20. The van der Waals surface area contributed by atoms with Crippen molar-refractivity contribution in [3.8, 4) is 46.3 Å². The molecule has 140 heavy (non-hydrogen) atoms. The van der Waals surface area contributed by atoms with Crippen LogP contribution < -0.4 is 76.3 Å². The van der Waals surface area contributed by atoms with Gasteiger partial charge in [-0.25, -0.2) is 28.7 Å². The highest BCUT2D eigenvalue weighted by Crippen LogP contribution is 2.33. The van der Waals surface area contributed by atoms with Gasteiger partial charge >= 0.3 is 0 Å². The van der Waals surface area contributed by atoms with Crippen molar-refractivity contribution < 1.29 is 74.6 Å². The number of likely N-dealkylation sites (N-methyl/N-ethyl adjacent to an activating group) is 3. The third-order valence-electron chi connectivity index (χ3n) is 20.7. The number of anilines is 15. The molecule has 0 radical (unpaired) electrons. The average molecular weight is 1920 g/mol. The monoisotopic (exact) mass is 1910 g/mol. The Morgan fingerprint density at radius 2 is 0.679 bits per heavy atom. The summed E-state index contributed by atoms with van der Waals surface area (Å²) >= 11 is 0. The molecule has 732 valence electrons. The van der Waals surface area contributed by atoms with E-state index in [9.17, 15) is 36.7 Å². The van der Waals surface area contributed by atoms with Crippen LogP contribution in [-0.2, 0) is 35.2 Å². The molecule has 4 amide bonds. The Hall–Kier alpha value is -16.0. The Bertz CT molecular complexity index is 5880. The number of aromatic nitrogens is 8. The van der Waals surface area contributed by atoms with Gasteiger partial charge in [0.25, 0.3) is 11.8 Å². The van der Waals surface area contributed by atoms with Gasteiger partial charge < -0.3 is 100 Å². The molecule has 2 saturated heterocycles. The number of morpholine rings is 2. The van der Waals surface area contributed by atoms with E-state index < -0.39 is 23.3 Å². The number of hydrogen-bond donors (Lipinski definition) is 9. The first-order valence-electron chi connectivity index (χ1n) is 45.2. The lowest BCUT2D eigenvalue weighted by atomic mass is 10.2. The summed E-state index contributed by atoms with van der Waals surface area (Å²) in [7, 11) is 1.70. The lowest BCUT2D eigenvalue weighted by Crippen LogP contribution is -2.38. The molecule has 9 N–H and O–H groups in total. The van der Waals surface area contributed by atoms with E-state index in [1.54, 1.807) is 96.9 Å². The molecule has 2 fully saturated rings. The first-order valence-corrected chi connectivity index (χ1v) is 45.2. The zero-order chi connectivity index (χ0) is 99.2. The van der Waals surface area contributed by atoms with Gasteiger partial charge in [-0.05, 0) is 159 Å². The van der Waals surface area contributed by atoms with Gasteiger partial charge in [0, 0.05) is 154 Å². The topological polar surface area (TPSA) is 370 Å². The van der Waals surface area contributed by atoms with Gasteiger partial charge in [0.05, 0.1) is 51.2 Å². The van der Waals surface area contributed by atoms with E-state index in [0.29, 0.717) is 101 Å². The SMILES string of the molecule is C=CC(=O)N(C)Cc1ccc(Nc2nc(Nc3cccc(OCCN4CCOCC4)c3)ncc2F)cc1.C=CC(=O)Nc1cccc(Nc2nc(Nc3cccc(OCCN(CC)CC)c3)ncc2F)c1.C=CC(=O)Nc1cccc(Oc2nc(Nc3cccc(OCCN(CC)CC)c3)ncc2F)c1.C=CC(=O)Nc1cccc(Oc2nc(Nc3cccc(OCCN4CCOCC4)c3)ncc2F)c1. The molecule has 14 rings (SSSR count). The van der Waals surface area contributed by atoms with Crippen LogP contribution in [-0.4, -0.2) is 226 Å². The highest BCUT2D eigenvalue weighted by atomic mass is 19.1. The summed E-state index contributed by atoms with van der Waals surface area (Å²) in [5.74, 6) is -0.114. The van der Waals surface area contributed by atoms with Crippen molar-refractivity contribution in [2.75, 3.05) is 186 Å². The molecule has 34 nitrogen and oxygen atoms in total. The summed E-state index contributed by atoms with van der Waals surface area (Å²) in [4.78, 5) is 89.8. The molecule has 8 aromatic carbocycles. The minimum Gasteiger partial charge on any atom is -0.492 e. The standard InChI is InChI=1S/C27H31FN6O3.C25H29FN6O2.C25H26FN5O4.C25H28FN5O3/c1-3-25(35)33(2)19-20-7-9-21(10-8-20)30-26-24(28)18-29-27(32-26)31-22-5-4-6-23(17-22)37-16-13-34-11-14-36-15-12-34;1-4-23(33)28-18-9-7-10-19(15-18)29-24-22(26)17-27-25(31-24)30-20-11-8-12-21(16-20)34-14-13-32(5-2)6-3;1-2-23(32)28-18-5-4-8-21(16-18)35-24-22(26)17-27-25(30-24)29-19-6-3-7-20(15-19)34-14-11-31-9-12-33-13-10-31;1-4-23(32)28-18-9-8-12-21(16-18)34-24-22(26)17-27-25(30-24)29-19-10-7-11-20(15-19)33-14-13-31(5-2)6-3/h3-10,17-18H,1,11-16,19H2,2H3,(H2,29,30,31,32);4,7-12,15-17H,1,5-6,13-14H2,2-3H3,(H,28,33)(H2,27,29,30,31);2-8,15-17H,1,9-14H2,(H,28,32)(H,27,29,30);4,7-12,15-17H,1,5-6,13-14H2,2-3H3,(H,28,32)(H,27,29,30). The molecule has 12 aromatic rings. The molecular formula is C102H114F4N22O12. The fourth-order valence-corrected chi connectivity index (χ4v) is 13.3. The van der Waals surface area contributed by atoms with Gasteiger partial charge in [0.15, 0.2) is 23.3 Å². The first kappa shape index (κ1) is 104. The van der Waals surface area contributed by atoms with E-state index in [0.717, 1.165) is 165 Å². The van der Waals surface area contributed by atoms with E-state index >= 15 is 0 Å². The zero-order valence-electron chi connectivity index (χ0n) is 78.5. The van der Waals surface area contributed by atoms with E-state index in [1.807, 2.05) is 109 Å². The molecule has 38 heteroatoms. The molecule has 0 saturated carbocycles. The van der Waals surface area contributed by atoms with Crippen molar-refractivity contribution in [3.63, 3.8) is 0 Å². The maximum Gasteiger partial charge on any atom is 0.260 e. The maximum atomic E-state index is 14.4. The fraction of sp³-hybridized carbons (Fsp3) is 0.255. The molecular weight excluding hydrogens is 1800 g/mol. The van der Waals surface area contributed by atoms with Crippen molar-refractivity contribution in [1.82, 2.24) is 64.4 Å². The van der Waals surface area contributed by atoms with Crippen molar-refractivity contribution in [3.05, 3.63) is 298 Å². The molecule has 4 aromatic heterocycles. The van der Waals surface area contributed by atoms with E-state index in [2.05, 4.69) is 161 Å². The molecule has 2 aliphatic rings. The van der Waals surface area contributed by atoms with Crippen LogP contribution in [0.3, 0.4) is 0 Å². The summed E-state index contributed by atoms with van der Waals surface area (Å²) in [5.41, 5.74) is 6.44. The predicted octanol–water partition coefficient (Wildman–Crippen LogP) is 17.9. The maximum absolute atomic E-state index is 14.4. The van der Waals surface area contributed by atoms with Crippen LogP contribution >= 0.6 is 0 Å². The van der Waals surface area contributed by atoms with Crippen LogP contribution in [0.25, 0.3) is 0 Å². The second-order valence-corrected chi connectivity index (χ2v) is 30.7. The molecule has 6 heterocycles. The number of hydrogen-bond acceptors (Lipinski definition) is 30. The minimum absolute atomic E-state index is 0.00340. The Morgan fingerprint density at radius 1 is 0.371 bits per heavy atom. The second kappa shape index (κ2) is 55.9. The van der Waals surface area contributed by atoms with Gasteiger partial charge in [-0.15, -0.1) is 0 Å². The third-order valence-corrected chi connectivity index (χ3v) is 20.7. The number of halogens is 4. The summed E-state index contributed by atoms with van der Waals surface area (Å²) < 4.78 is 103. The van der Waals surface area contributed by atoms with E-state index in [-0.39, 0.29) is 70.8 Å². The molecule has 2 aliphatic heterocycles. The van der Waals surface area contributed by atoms with Crippen LogP contribution in [0.4, 0.5) is 104 Å². The van der Waals surface area contributed by atoms with Gasteiger partial charge in [-0.3, -0.25) is 29.0 Å². The van der Waals surface area contributed by atoms with Gasteiger partial charge in [-0.2, -0.15) is 28.7 Å². The van der Waals surface area contributed by atoms with E-state index in [1.165, 1.54) is 12.2 Å². The molecule has 0 spiro atoms. The minimum atomic E-state index is -0.726. The summed E-state index contributed by atoms with van der Waals surface area (Å²) in [6.07, 6.45) is 9.01. The zero-order valence-corrected chi connectivity index (χ0v) is 78.5. The van der Waals surface area contributed by atoms with Gasteiger partial charge in [-0.1, -0.05) is 109 Å². The van der Waals surface area contributed by atoms with Crippen molar-refractivity contribution in [2.24, 2.45) is 0 Å². The Kier molecular flexibility index (Phi) is 41.7. The smallest absolute Gasteiger partial charge is 0.260 e. The Labute approximate surface area is 810 Å². The Morgan fingerprint density at radius 3 is 1.04 bits per heavy atom. The lowest BCUT2D eigenvalue weighted by Gasteiger charge is -2.26. The quantitative estimate of drug-likeness (QED) is 0.0126. The number of benzene rings is 8. The predicted molar refractivity (Wildman–Crippen MR) is 535 cm³/mol. The number of carbonyl (C=O) groups is 4. The molecule has 0 bridgehead atoms. The normalized spacial score (nSPS) is 12.1. The van der Waals surface area contributed by atoms with Crippen molar-refractivity contribution in [1.29, 1.82) is 0 Å². The van der Waals surface area contributed by atoms with Crippen molar-refractivity contribution >= 4 is 110 Å².